The van der Waals surface area contributed by atoms with Crippen molar-refractivity contribution in [1.82, 2.24) is 4.90 Å². The molecule has 0 saturated heterocycles. The van der Waals surface area contributed by atoms with Gasteiger partial charge in [-0.3, -0.25) is 4.90 Å². The van der Waals surface area contributed by atoms with E-state index in [1.165, 1.54) is 17.5 Å². The first kappa shape index (κ1) is 11.2. The molecule has 1 aromatic rings. The molecule has 0 aromatic heterocycles. The van der Waals surface area contributed by atoms with Crippen LogP contribution in [0.4, 0.5) is 0 Å². The summed E-state index contributed by atoms with van der Waals surface area (Å²) in [4.78, 5) is 2.25. The van der Waals surface area contributed by atoms with Gasteiger partial charge in [-0.05, 0) is 31.4 Å². The van der Waals surface area contributed by atoms with E-state index >= 15 is 0 Å². The Morgan fingerprint density at radius 1 is 1.44 bits per heavy atom. The molecule has 2 nitrogen and oxygen atoms in total. The van der Waals surface area contributed by atoms with Crippen LogP contribution >= 0.6 is 0 Å². The van der Waals surface area contributed by atoms with E-state index in [2.05, 4.69) is 49.1 Å². The van der Waals surface area contributed by atoms with Crippen LogP contribution in [0.2, 0.25) is 0 Å². The van der Waals surface area contributed by atoms with Gasteiger partial charge in [0.15, 0.2) is 0 Å². The van der Waals surface area contributed by atoms with Gasteiger partial charge in [-0.25, -0.2) is 0 Å². The molecule has 0 N–H and O–H groups in total. The Labute approximate surface area is 97.5 Å². The zero-order valence-electron chi connectivity index (χ0n) is 9.98. The highest BCUT2D eigenvalue weighted by atomic mass is 15.1. The van der Waals surface area contributed by atoms with Crippen LogP contribution < -0.4 is 0 Å². The lowest BCUT2D eigenvalue weighted by atomic mass is 9.77. The zero-order chi connectivity index (χ0) is 11.5. The molecule has 0 amide bonds. The van der Waals surface area contributed by atoms with Crippen LogP contribution in [0.15, 0.2) is 24.3 Å². The molecule has 0 heterocycles. The maximum Gasteiger partial charge on any atom is 0.0868 e. The quantitative estimate of drug-likeness (QED) is 0.720. The van der Waals surface area contributed by atoms with Crippen LogP contribution in [0.3, 0.4) is 0 Å². The maximum atomic E-state index is 8.79. The molecule has 0 spiro atoms. The van der Waals surface area contributed by atoms with Crippen molar-refractivity contribution in [2.45, 2.75) is 32.2 Å². The number of hydrogen-bond donors (Lipinski definition) is 0. The van der Waals surface area contributed by atoms with Crippen molar-refractivity contribution in [3.05, 3.63) is 35.4 Å². The first-order chi connectivity index (χ1) is 7.72. The molecule has 1 aliphatic carbocycles. The molecule has 0 fully saturated rings. The smallest absolute Gasteiger partial charge is 0.0868 e. The van der Waals surface area contributed by atoms with E-state index in [1.54, 1.807) is 0 Å². The number of fused-ring (bicyclic) bond motifs is 1. The third kappa shape index (κ3) is 2.10. The van der Waals surface area contributed by atoms with Gasteiger partial charge in [-0.2, -0.15) is 5.26 Å². The molecule has 0 saturated carbocycles. The number of nitrogens with zero attached hydrogens (tertiary/aromatic N) is 2. The number of benzene rings is 1. The van der Waals surface area contributed by atoms with E-state index in [9.17, 15) is 0 Å². The molecular weight excluding hydrogens is 196 g/mol. The Hall–Kier alpha value is -1.33. The SMILES string of the molecule is CC(C)N(CC#N)CC1Cc2ccccc21. The zero-order valence-corrected chi connectivity index (χ0v) is 9.98. The van der Waals surface area contributed by atoms with Gasteiger partial charge < -0.3 is 0 Å². The molecule has 1 unspecified atom stereocenters. The number of nitriles is 1. The van der Waals surface area contributed by atoms with Crippen molar-refractivity contribution >= 4 is 0 Å². The largest absolute Gasteiger partial charge is 0.288 e. The second kappa shape index (κ2) is 4.67. The van der Waals surface area contributed by atoms with Crippen molar-refractivity contribution < 1.29 is 0 Å². The standard InChI is InChI=1S/C14H18N2/c1-11(2)16(8-7-15)10-13-9-12-5-3-4-6-14(12)13/h3-6,11,13H,8-10H2,1-2H3. The van der Waals surface area contributed by atoms with Gasteiger partial charge in [0.25, 0.3) is 0 Å². The van der Waals surface area contributed by atoms with Crippen LogP contribution in [0.1, 0.15) is 30.9 Å². The van der Waals surface area contributed by atoms with E-state index in [0.717, 1.165) is 6.54 Å². The number of hydrogen-bond acceptors (Lipinski definition) is 2. The third-order valence-corrected chi connectivity index (χ3v) is 3.42. The summed E-state index contributed by atoms with van der Waals surface area (Å²) in [5.74, 6) is 0.631. The minimum absolute atomic E-state index is 0.451. The summed E-state index contributed by atoms with van der Waals surface area (Å²) in [6.07, 6.45) is 1.17. The molecule has 0 aliphatic heterocycles. The van der Waals surface area contributed by atoms with Crippen molar-refractivity contribution in [2.75, 3.05) is 13.1 Å². The predicted octanol–water partition coefficient (Wildman–Crippen LogP) is 2.56. The predicted molar refractivity (Wildman–Crippen MR) is 65.2 cm³/mol. The lowest BCUT2D eigenvalue weighted by Gasteiger charge is -2.35. The highest BCUT2D eigenvalue weighted by Crippen LogP contribution is 2.35. The fourth-order valence-corrected chi connectivity index (χ4v) is 2.36. The molecule has 1 aliphatic rings. The van der Waals surface area contributed by atoms with Crippen LogP contribution in [0.5, 0.6) is 0 Å². The summed E-state index contributed by atoms with van der Waals surface area (Å²) in [7, 11) is 0. The molecular formula is C14H18N2. The highest BCUT2D eigenvalue weighted by Gasteiger charge is 2.27. The van der Waals surface area contributed by atoms with Gasteiger partial charge in [0.1, 0.15) is 0 Å². The molecule has 2 rings (SSSR count). The van der Waals surface area contributed by atoms with Crippen LogP contribution in [0.25, 0.3) is 0 Å². The molecule has 2 heteroatoms. The van der Waals surface area contributed by atoms with Gasteiger partial charge in [0, 0.05) is 18.5 Å². The minimum atomic E-state index is 0.451. The first-order valence-corrected chi connectivity index (χ1v) is 5.91. The van der Waals surface area contributed by atoms with Crippen molar-refractivity contribution in [3.8, 4) is 6.07 Å². The van der Waals surface area contributed by atoms with Gasteiger partial charge in [-0.15, -0.1) is 0 Å². The topological polar surface area (TPSA) is 27.0 Å². The lowest BCUT2D eigenvalue weighted by Crippen LogP contribution is -2.38. The Morgan fingerprint density at radius 3 is 2.81 bits per heavy atom. The second-order valence-electron chi connectivity index (χ2n) is 4.78. The molecule has 1 atom stereocenters. The monoisotopic (exact) mass is 214 g/mol. The van der Waals surface area contributed by atoms with E-state index in [4.69, 9.17) is 5.26 Å². The molecule has 0 bridgehead atoms. The summed E-state index contributed by atoms with van der Waals surface area (Å²) >= 11 is 0. The Bertz CT molecular complexity index is 403. The molecule has 16 heavy (non-hydrogen) atoms. The Morgan fingerprint density at radius 2 is 2.19 bits per heavy atom. The normalized spacial score (nSPS) is 18.1. The fourth-order valence-electron chi connectivity index (χ4n) is 2.36. The van der Waals surface area contributed by atoms with E-state index in [-0.39, 0.29) is 0 Å². The third-order valence-electron chi connectivity index (χ3n) is 3.42. The lowest BCUT2D eigenvalue weighted by molar-refractivity contribution is 0.225. The van der Waals surface area contributed by atoms with Gasteiger partial charge in [-0.1, -0.05) is 24.3 Å². The van der Waals surface area contributed by atoms with Gasteiger partial charge in [0.2, 0.25) is 0 Å². The fraction of sp³-hybridized carbons (Fsp3) is 0.500. The second-order valence-corrected chi connectivity index (χ2v) is 4.78. The summed E-state index contributed by atoms with van der Waals surface area (Å²) in [6.45, 7) is 5.86. The highest BCUT2D eigenvalue weighted by molar-refractivity contribution is 5.40. The van der Waals surface area contributed by atoms with Crippen molar-refractivity contribution in [3.63, 3.8) is 0 Å². The maximum absolute atomic E-state index is 8.79. The average molecular weight is 214 g/mol. The van der Waals surface area contributed by atoms with Crippen LogP contribution in [-0.2, 0) is 6.42 Å². The van der Waals surface area contributed by atoms with E-state index in [0.29, 0.717) is 18.5 Å². The Balaban J connectivity index is 2.00. The molecule has 1 aromatic carbocycles. The van der Waals surface area contributed by atoms with Crippen molar-refractivity contribution in [1.29, 1.82) is 5.26 Å². The summed E-state index contributed by atoms with van der Waals surface area (Å²) in [5.41, 5.74) is 2.96. The van der Waals surface area contributed by atoms with Gasteiger partial charge >= 0.3 is 0 Å². The minimum Gasteiger partial charge on any atom is -0.288 e. The summed E-state index contributed by atoms with van der Waals surface area (Å²) < 4.78 is 0. The average Bonchev–Trinajstić information content (AvgIpc) is 2.24. The summed E-state index contributed by atoms with van der Waals surface area (Å²) in [6, 6.07) is 11.3. The van der Waals surface area contributed by atoms with E-state index < -0.39 is 0 Å². The van der Waals surface area contributed by atoms with Crippen LogP contribution in [0, 0.1) is 11.3 Å². The Kier molecular flexibility index (Phi) is 3.26. The van der Waals surface area contributed by atoms with Crippen molar-refractivity contribution in [2.24, 2.45) is 0 Å². The molecule has 0 radical (unpaired) electrons. The first-order valence-electron chi connectivity index (χ1n) is 5.91. The van der Waals surface area contributed by atoms with Crippen LogP contribution in [-0.4, -0.2) is 24.0 Å². The number of rotatable bonds is 4. The molecule has 84 valence electrons. The van der Waals surface area contributed by atoms with E-state index in [1.807, 2.05) is 0 Å². The van der Waals surface area contributed by atoms with Gasteiger partial charge in [0.05, 0.1) is 12.6 Å². The summed E-state index contributed by atoms with van der Waals surface area (Å²) in [5, 5.41) is 8.79.